The molecule has 90 valence electrons. The Morgan fingerprint density at radius 1 is 1.24 bits per heavy atom. The molecule has 0 aliphatic rings. The molecule has 0 aliphatic heterocycles. The number of aryl methyl sites for hydroxylation is 1. The van der Waals surface area contributed by atoms with Gasteiger partial charge >= 0.3 is 0 Å². The molecular formula is C11H16N6. The van der Waals surface area contributed by atoms with E-state index in [2.05, 4.69) is 25.6 Å². The van der Waals surface area contributed by atoms with Gasteiger partial charge in [0.1, 0.15) is 17.5 Å². The van der Waals surface area contributed by atoms with Crippen LogP contribution in [0.5, 0.6) is 0 Å². The van der Waals surface area contributed by atoms with E-state index in [9.17, 15) is 0 Å². The first kappa shape index (κ1) is 11.4. The van der Waals surface area contributed by atoms with Gasteiger partial charge < -0.3 is 15.2 Å². The van der Waals surface area contributed by atoms with E-state index < -0.39 is 0 Å². The molecule has 2 N–H and O–H groups in total. The predicted molar refractivity (Wildman–Crippen MR) is 66.7 cm³/mol. The Balaban J connectivity index is 1.99. The second-order valence-electron chi connectivity index (χ2n) is 3.63. The number of nitrogens with zero attached hydrogens (tertiary/aromatic N) is 4. The van der Waals surface area contributed by atoms with Gasteiger partial charge in [0.15, 0.2) is 0 Å². The van der Waals surface area contributed by atoms with Gasteiger partial charge in [-0.15, -0.1) is 0 Å². The van der Waals surface area contributed by atoms with Crippen LogP contribution in [0.3, 0.4) is 0 Å². The number of aromatic nitrogens is 4. The zero-order valence-electron chi connectivity index (χ0n) is 10.0. The van der Waals surface area contributed by atoms with Crippen LogP contribution in [0.4, 0.5) is 11.6 Å². The fraction of sp³-hybridized carbons (Fsp3) is 0.364. The Morgan fingerprint density at radius 2 is 2.00 bits per heavy atom. The van der Waals surface area contributed by atoms with E-state index in [0.29, 0.717) is 6.54 Å². The first-order chi connectivity index (χ1) is 8.29. The molecule has 6 nitrogen and oxygen atoms in total. The zero-order valence-corrected chi connectivity index (χ0v) is 10.0. The Hall–Kier alpha value is -2.11. The molecule has 0 atom stereocenters. The van der Waals surface area contributed by atoms with Crippen molar-refractivity contribution in [2.75, 3.05) is 17.2 Å². The zero-order chi connectivity index (χ0) is 12.1. The Bertz CT molecular complexity index is 478. The average molecular weight is 232 g/mol. The summed E-state index contributed by atoms with van der Waals surface area (Å²) < 4.78 is 1.97. The molecule has 2 rings (SSSR count). The van der Waals surface area contributed by atoms with E-state index in [1.54, 1.807) is 18.6 Å². The Morgan fingerprint density at radius 3 is 2.65 bits per heavy atom. The monoisotopic (exact) mass is 232 g/mol. The molecule has 2 aromatic rings. The van der Waals surface area contributed by atoms with Gasteiger partial charge in [0.25, 0.3) is 0 Å². The maximum atomic E-state index is 4.37. The van der Waals surface area contributed by atoms with Gasteiger partial charge in [-0.3, -0.25) is 4.98 Å². The van der Waals surface area contributed by atoms with Crippen molar-refractivity contribution in [2.45, 2.75) is 13.5 Å². The molecule has 0 aliphatic carbocycles. The summed E-state index contributed by atoms with van der Waals surface area (Å²) in [4.78, 5) is 12.7. The largest absolute Gasteiger partial charge is 0.369 e. The average Bonchev–Trinajstić information content (AvgIpc) is 2.73. The van der Waals surface area contributed by atoms with Crippen LogP contribution < -0.4 is 10.6 Å². The van der Waals surface area contributed by atoms with E-state index in [1.165, 1.54) is 0 Å². The summed E-state index contributed by atoms with van der Waals surface area (Å²) in [6.07, 6.45) is 7.09. The highest BCUT2D eigenvalue weighted by atomic mass is 15.1. The molecule has 17 heavy (non-hydrogen) atoms. The third-order valence-electron chi connectivity index (χ3n) is 2.34. The van der Waals surface area contributed by atoms with Crippen molar-refractivity contribution in [3.8, 4) is 0 Å². The van der Waals surface area contributed by atoms with Gasteiger partial charge in [-0.2, -0.15) is 0 Å². The molecule has 0 aromatic carbocycles. The lowest BCUT2D eigenvalue weighted by Gasteiger charge is -2.07. The Labute approximate surface area is 100 Å². The molecule has 0 saturated heterocycles. The fourth-order valence-corrected chi connectivity index (χ4v) is 1.45. The van der Waals surface area contributed by atoms with E-state index in [4.69, 9.17) is 0 Å². The molecule has 0 unspecified atom stereocenters. The van der Waals surface area contributed by atoms with Gasteiger partial charge in [-0.05, 0) is 6.92 Å². The van der Waals surface area contributed by atoms with Crippen molar-refractivity contribution in [1.29, 1.82) is 0 Å². The Kier molecular flexibility index (Phi) is 3.54. The van der Waals surface area contributed by atoms with Crippen molar-refractivity contribution in [1.82, 2.24) is 19.5 Å². The number of anilines is 2. The minimum absolute atomic E-state index is 0.633. The third-order valence-corrected chi connectivity index (χ3v) is 2.34. The van der Waals surface area contributed by atoms with Crippen LogP contribution in [0, 0.1) is 0 Å². The summed E-state index contributed by atoms with van der Waals surface area (Å²) in [5.41, 5.74) is 0. The molecule has 6 heteroatoms. The number of nitrogens with one attached hydrogen (secondary N) is 2. The molecule has 0 amide bonds. The van der Waals surface area contributed by atoms with E-state index in [1.807, 2.05) is 24.7 Å². The van der Waals surface area contributed by atoms with Crippen molar-refractivity contribution in [2.24, 2.45) is 7.05 Å². The van der Waals surface area contributed by atoms with E-state index in [-0.39, 0.29) is 0 Å². The maximum absolute atomic E-state index is 4.37. The van der Waals surface area contributed by atoms with Crippen LogP contribution in [0.2, 0.25) is 0 Å². The van der Waals surface area contributed by atoms with Crippen molar-refractivity contribution in [3.63, 3.8) is 0 Å². The highest BCUT2D eigenvalue weighted by Gasteiger charge is 2.01. The highest BCUT2D eigenvalue weighted by molar-refractivity contribution is 5.41. The summed E-state index contributed by atoms with van der Waals surface area (Å²) in [5, 5.41) is 6.31. The molecule has 0 saturated carbocycles. The standard InChI is InChI=1S/C11H16N6/c1-3-13-9-6-12-7-10(16-9)15-8-11-14-4-5-17(11)2/h4-7H,3,8H2,1-2H3,(H2,13,15,16). The van der Waals surface area contributed by atoms with Crippen LogP contribution in [-0.2, 0) is 13.6 Å². The van der Waals surface area contributed by atoms with Crippen LogP contribution in [0.1, 0.15) is 12.7 Å². The fourth-order valence-electron chi connectivity index (χ4n) is 1.45. The number of hydrogen-bond donors (Lipinski definition) is 2. The summed E-state index contributed by atoms with van der Waals surface area (Å²) in [7, 11) is 1.96. The van der Waals surface area contributed by atoms with Gasteiger partial charge in [0, 0.05) is 26.0 Å². The van der Waals surface area contributed by atoms with Gasteiger partial charge in [0.2, 0.25) is 0 Å². The first-order valence-corrected chi connectivity index (χ1v) is 5.55. The lowest BCUT2D eigenvalue weighted by atomic mass is 10.5. The molecule has 0 fully saturated rings. The molecule has 0 spiro atoms. The minimum Gasteiger partial charge on any atom is -0.369 e. The summed E-state index contributed by atoms with van der Waals surface area (Å²) in [6.45, 7) is 3.49. The van der Waals surface area contributed by atoms with Crippen LogP contribution >= 0.6 is 0 Å². The third kappa shape index (κ3) is 2.93. The second kappa shape index (κ2) is 5.29. The quantitative estimate of drug-likeness (QED) is 0.812. The lowest BCUT2D eigenvalue weighted by molar-refractivity contribution is 0.810. The summed E-state index contributed by atoms with van der Waals surface area (Å²) in [6, 6.07) is 0. The minimum atomic E-state index is 0.633. The van der Waals surface area contributed by atoms with Crippen LogP contribution in [-0.4, -0.2) is 26.1 Å². The van der Waals surface area contributed by atoms with Gasteiger partial charge in [-0.1, -0.05) is 0 Å². The second-order valence-corrected chi connectivity index (χ2v) is 3.63. The number of hydrogen-bond acceptors (Lipinski definition) is 5. The number of rotatable bonds is 5. The number of imidazole rings is 1. The molecule has 2 aromatic heterocycles. The molecule has 2 heterocycles. The summed E-state index contributed by atoms with van der Waals surface area (Å²) in [5.74, 6) is 2.48. The molecular weight excluding hydrogens is 216 g/mol. The molecule has 0 bridgehead atoms. The van der Waals surface area contributed by atoms with E-state index >= 15 is 0 Å². The SMILES string of the molecule is CCNc1cncc(NCc2nccn2C)n1. The molecule has 0 radical (unpaired) electrons. The normalized spacial score (nSPS) is 10.2. The van der Waals surface area contributed by atoms with Crippen LogP contribution in [0.15, 0.2) is 24.8 Å². The maximum Gasteiger partial charge on any atom is 0.147 e. The topological polar surface area (TPSA) is 67.7 Å². The van der Waals surface area contributed by atoms with Crippen molar-refractivity contribution in [3.05, 3.63) is 30.6 Å². The van der Waals surface area contributed by atoms with Crippen molar-refractivity contribution < 1.29 is 0 Å². The van der Waals surface area contributed by atoms with Gasteiger partial charge in [0.05, 0.1) is 18.9 Å². The summed E-state index contributed by atoms with van der Waals surface area (Å²) >= 11 is 0. The first-order valence-electron chi connectivity index (χ1n) is 5.55. The predicted octanol–water partition coefficient (Wildman–Crippen LogP) is 1.25. The van der Waals surface area contributed by atoms with E-state index in [0.717, 1.165) is 24.0 Å². The van der Waals surface area contributed by atoms with Crippen LogP contribution in [0.25, 0.3) is 0 Å². The van der Waals surface area contributed by atoms with Gasteiger partial charge in [-0.25, -0.2) is 9.97 Å². The lowest BCUT2D eigenvalue weighted by Crippen LogP contribution is -2.08. The highest BCUT2D eigenvalue weighted by Crippen LogP contribution is 2.07. The van der Waals surface area contributed by atoms with Crippen molar-refractivity contribution >= 4 is 11.6 Å². The smallest absolute Gasteiger partial charge is 0.147 e.